The molecule has 0 unspecified atom stereocenters. The minimum atomic E-state index is 0.734. The number of nitrogens with one attached hydrogen (secondary N) is 1. The van der Waals surface area contributed by atoms with Crippen molar-refractivity contribution in [1.29, 1.82) is 0 Å². The van der Waals surface area contributed by atoms with Crippen LogP contribution in [0.2, 0.25) is 5.02 Å². The van der Waals surface area contributed by atoms with Gasteiger partial charge >= 0.3 is 0 Å². The highest BCUT2D eigenvalue weighted by Gasteiger charge is 2.02. The van der Waals surface area contributed by atoms with Crippen molar-refractivity contribution in [2.45, 2.75) is 24.8 Å². The van der Waals surface area contributed by atoms with Crippen molar-refractivity contribution in [2.75, 3.05) is 26.0 Å². The van der Waals surface area contributed by atoms with Gasteiger partial charge in [-0.3, -0.25) is 0 Å². The Kier molecular flexibility index (Phi) is 7.69. The minimum Gasteiger partial charge on any atom is -0.383 e. The summed E-state index contributed by atoms with van der Waals surface area (Å²) in [5.41, 5.74) is 1.21. The molecule has 1 rings (SSSR count). The quantitative estimate of drug-likeness (QED) is 0.578. The Morgan fingerprint density at radius 3 is 2.88 bits per heavy atom. The van der Waals surface area contributed by atoms with E-state index >= 15 is 0 Å². The van der Waals surface area contributed by atoms with Crippen molar-refractivity contribution < 1.29 is 4.74 Å². The van der Waals surface area contributed by atoms with Gasteiger partial charge in [0, 0.05) is 25.1 Å². The Morgan fingerprint density at radius 2 is 2.24 bits per heavy atom. The number of benzene rings is 1. The summed E-state index contributed by atoms with van der Waals surface area (Å²) in [7, 11) is 1.71. The Labute approximate surface area is 113 Å². The van der Waals surface area contributed by atoms with Gasteiger partial charge in [0.1, 0.15) is 0 Å². The summed E-state index contributed by atoms with van der Waals surface area (Å²) in [6.07, 6.45) is 1.17. The minimum absolute atomic E-state index is 0.734. The lowest BCUT2D eigenvalue weighted by Gasteiger charge is -2.07. The highest BCUT2D eigenvalue weighted by Crippen LogP contribution is 2.28. The molecule has 0 saturated heterocycles. The van der Waals surface area contributed by atoms with E-state index in [1.165, 1.54) is 16.9 Å². The maximum absolute atomic E-state index is 6.23. The molecule has 2 nitrogen and oxygen atoms in total. The third-order valence-electron chi connectivity index (χ3n) is 2.27. The summed E-state index contributed by atoms with van der Waals surface area (Å²) >= 11 is 8.05. The summed E-state index contributed by atoms with van der Waals surface area (Å²) < 4.78 is 4.98. The average molecular weight is 274 g/mol. The zero-order chi connectivity index (χ0) is 12.5. The molecule has 0 fully saturated rings. The summed E-state index contributed by atoms with van der Waals surface area (Å²) in [6, 6.07) is 6.28. The molecule has 4 heteroatoms. The van der Waals surface area contributed by atoms with Crippen molar-refractivity contribution >= 4 is 23.4 Å². The second kappa shape index (κ2) is 8.81. The summed E-state index contributed by atoms with van der Waals surface area (Å²) in [5.74, 6) is 1.12. The lowest BCUT2D eigenvalue weighted by molar-refractivity contribution is 0.199. The van der Waals surface area contributed by atoms with Crippen molar-refractivity contribution in [3.63, 3.8) is 0 Å². The van der Waals surface area contributed by atoms with Crippen LogP contribution in [-0.2, 0) is 11.3 Å². The largest absolute Gasteiger partial charge is 0.383 e. The molecule has 0 heterocycles. The van der Waals surface area contributed by atoms with Crippen LogP contribution in [0, 0.1) is 0 Å². The number of halogens is 1. The lowest BCUT2D eigenvalue weighted by Crippen LogP contribution is -2.18. The van der Waals surface area contributed by atoms with Gasteiger partial charge in [-0.15, -0.1) is 11.8 Å². The van der Waals surface area contributed by atoms with Crippen LogP contribution in [0.15, 0.2) is 23.1 Å². The average Bonchev–Trinajstić information content (AvgIpc) is 2.34. The zero-order valence-corrected chi connectivity index (χ0v) is 12.0. The topological polar surface area (TPSA) is 21.3 Å². The highest BCUT2D eigenvalue weighted by molar-refractivity contribution is 7.99. The van der Waals surface area contributed by atoms with E-state index in [9.17, 15) is 0 Å². The molecule has 0 atom stereocenters. The van der Waals surface area contributed by atoms with Gasteiger partial charge < -0.3 is 10.1 Å². The van der Waals surface area contributed by atoms with Crippen molar-refractivity contribution in [3.8, 4) is 0 Å². The Bertz CT molecular complexity index is 333. The van der Waals surface area contributed by atoms with Gasteiger partial charge in [-0.1, -0.05) is 24.6 Å². The van der Waals surface area contributed by atoms with E-state index < -0.39 is 0 Å². The van der Waals surface area contributed by atoms with Gasteiger partial charge in [-0.2, -0.15) is 0 Å². The van der Waals surface area contributed by atoms with Gasteiger partial charge in [0.25, 0.3) is 0 Å². The van der Waals surface area contributed by atoms with Crippen LogP contribution < -0.4 is 5.32 Å². The molecule has 1 aromatic carbocycles. The molecule has 96 valence electrons. The summed E-state index contributed by atoms with van der Waals surface area (Å²) in [6.45, 7) is 4.61. The second-order valence-electron chi connectivity index (χ2n) is 3.78. The number of ether oxygens (including phenoxy) is 1. The standard InChI is InChI=1S/C13H20ClNOS/c1-3-8-17-13-5-4-11(9-12(13)14)10-15-6-7-16-2/h4-5,9,15H,3,6-8,10H2,1-2H3. The number of rotatable bonds is 8. The van der Waals surface area contributed by atoms with Crippen LogP contribution >= 0.6 is 23.4 Å². The maximum atomic E-state index is 6.23. The summed E-state index contributed by atoms with van der Waals surface area (Å²) in [4.78, 5) is 1.18. The normalized spacial score (nSPS) is 10.8. The second-order valence-corrected chi connectivity index (χ2v) is 5.33. The van der Waals surface area contributed by atoms with E-state index in [2.05, 4.69) is 24.4 Å². The number of hydrogen-bond acceptors (Lipinski definition) is 3. The molecule has 0 amide bonds. The monoisotopic (exact) mass is 273 g/mol. The molecule has 0 spiro atoms. The molecule has 1 N–H and O–H groups in total. The highest BCUT2D eigenvalue weighted by atomic mass is 35.5. The fourth-order valence-corrected chi connectivity index (χ4v) is 2.54. The first kappa shape index (κ1) is 14.8. The number of methoxy groups -OCH3 is 1. The van der Waals surface area contributed by atoms with Crippen molar-refractivity contribution in [2.24, 2.45) is 0 Å². The molecule has 1 aromatic rings. The predicted octanol–water partition coefficient (Wildman–Crippen LogP) is 3.58. The fourth-order valence-electron chi connectivity index (χ4n) is 1.39. The third kappa shape index (κ3) is 5.77. The number of thioether (sulfide) groups is 1. The van der Waals surface area contributed by atoms with Crippen LogP contribution in [0.25, 0.3) is 0 Å². The first-order valence-corrected chi connectivity index (χ1v) is 7.25. The Morgan fingerprint density at radius 1 is 1.41 bits per heavy atom. The van der Waals surface area contributed by atoms with E-state index in [0.717, 1.165) is 30.5 Å². The first-order valence-electron chi connectivity index (χ1n) is 5.88. The molecule has 0 aliphatic rings. The van der Waals surface area contributed by atoms with Gasteiger partial charge in [-0.25, -0.2) is 0 Å². The molecular formula is C13H20ClNOS. The van der Waals surface area contributed by atoms with Crippen LogP contribution in [0.3, 0.4) is 0 Å². The predicted molar refractivity (Wildman–Crippen MR) is 76.0 cm³/mol. The van der Waals surface area contributed by atoms with Crippen LogP contribution in [0.4, 0.5) is 0 Å². The van der Waals surface area contributed by atoms with Crippen LogP contribution in [0.1, 0.15) is 18.9 Å². The van der Waals surface area contributed by atoms with Crippen molar-refractivity contribution in [3.05, 3.63) is 28.8 Å². The molecular weight excluding hydrogens is 254 g/mol. The van der Waals surface area contributed by atoms with E-state index in [4.69, 9.17) is 16.3 Å². The van der Waals surface area contributed by atoms with E-state index in [-0.39, 0.29) is 0 Å². The lowest BCUT2D eigenvalue weighted by atomic mass is 10.2. The molecule has 0 aliphatic heterocycles. The zero-order valence-electron chi connectivity index (χ0n) is 10.5. The fraction of sp³-hybridized carbons (Fsp3) is 0.538. The van der Waals surface area contributed by atoms with E-state index in [0.29, 0.717) is 0 Å². The third-order valence-corrected chi connectivity index (χ3v) is 3.97. The number of hydrogen-bond donors (Lipinski definition) is 1. The maximum Gasteiger partial charge on any atom is 0.0587 e. The van der Waals surface area contributed by atoms with Crippen LogP contribution in [-0.4, -0.2) is 26.0 Å². The molecule has 0 bridgehead atoms. The molecule has 0 aliphatic carbocycles. The van der Waals surface area contributed by atoms with Crippen LogP contribution in [0.5, 0.6) is 0 Å². The Hall–Kier alpha value is -0.220. The molecule has 0 radical (unpaired) electrons. The smallest absolute Gasteiger partial charge is 0.0587 e. The Balaban J connectivity index is 2.44. The van der Waals surface area contributed by atoms with E-state index in [1.54, 1.807) is 7.11 Å². The first-order chi connectivity index (χ1) is 8.27. The van der Waals surface area contributed by atoms with Gasteiger partial charge in [0.05, 0.1) is 11.6 Å². The molecule has 17 heavy (non-hydrogen) atoms. The van der Waals surface area contributed by atoms with Gasteiger partial charge in [-0.05, 0) is 29.9 Å². The molecule has 0 aromatic heterocycles. The van der Waals surface area contributed by atoms with Crippen molar-refractivity contribution in [1.82, 2.24) is 5.32 Å². The molecule has 0 saturated carbocycles. The van der Waals surface area contributed by atoms with Gasteiger partial charge in [0.15, 0.2) is 0 Å². The van der Waals surface area contributed by atoms with E-state index in [1.807, 2.05) is 17.8 Å². The van der Waals surface area contributed by atoms with Gasteiger partial charge in [0.2, 0.25) is 0 Å². The summed E-state index contributed by atoms with van der Waals surface area (Å²) in [5, 5.41) is 4.16. The SMILES string of the molecule is CCCSc1ccc(CNCCOC)cc1Cl.